The third kappa shape index (κ3) is 3.39. The zero-order valence-electron chi connectivity index (χ0n) is 11.5. The van der Waals surface area contributed by atoms with Gasteiger partial charge in [0.1, 0.15) is 6.10 Å². The second kappa shape index (κ2) is 6.38. The molecule has 1 aliphatic heterocycles. The van der Waals surface area contributed by atoms with Crippen LogP contribution >= 0.6 is 0 Å². The lowest BCUT2D eigenvalue weighted by atomic mass is 10.2. The maximum Gasteiger partial charge on any atom is 0.435 e. The van der Waals surface area contributed by atoms with E-state index in [0.29, 0.717) is 12.1 Å². The Labute approximate surface area is 119 Å². The summed E-state index contributed by atoms with van der Waals surface area (Å²) >= 11 is 0. The van der Waals surface area contributed by atoms with Crippen molar-refractivity contribution in [2.24, 2.45) is 5.10 Å². The van der Waals surface area contributed by atoms with E-state index in [9.17, 15) is 13.6 Å². The number of halogens is 2. The van der Waals surface area contributed by atoms with Gasteiger partial charge in [0, 0.05) is 6.07 Å². The number of ether oxygens (including phenoxy) is 3. The molecule has 21 heavy (non-hydrogen) atoms. The molecule has 1 heterocycles. The molecule has 8 heteroatoms. The van der Waals surface area contributed by atoms with Gasteiger partial charge in [0.15, 0.2) is 11.5 Å². The molecule has 0 bridgehead atoms. The van der Waals surface area contributed by atoms with E-state index in [-0.39, 0.29) is 17.6 Å². The molecule has 0 aromatic heterocycles. The van der Waals surface area contributed by atoms with Crippen molar-refractivity contribution in [1.82, 2.24) is 0 Å². The minimum absolute atomic E-state index is 0.0633. The number of carbonyl (C=O) groups excluding carboxylic acids is 1. The van der Waals surface area contributed by atoms with E-state index >= 15 is 0 Å². The molecule has 0 saturated carbocycles. The standard InChI is InChI=1S/C13H14F2N2O4/c1-3-9-7-16-17(13(18)20-9)8-4-5-10(21-12(14)15)11(6-8)19-2/h4-7,9,12H,3H2,1-2H3. The van der Waals surface area contributed by atoms with Gasteiger partial charge in [-0.25, -0.2) is 4.79 Å². The number of hydrogen-bond acceptors (Lipinski definition) is 5. The zero-order valence-corrected chi connectivity index (χ0v) is 11.5. The number of carbonyl (C=O) groups is 1. The predicted molar refractivity (Wildman–Crippen MR) is 71.2 cm³/mol. The highest BCUT2D eigenvalue weighted by Gasteiger charge is 2.25. The minimum Gasteiger partial charge on any atom is -0.493 e. The Morgan fingerprint density at radius 1 is 1.43 bits per heavy atom. The fourth-order valence-corrected chi connectivity index (χ4v) is 1.74. The van der Waals surface area contributed by atoms with Crippen molar-refractivity contribution in [2.45, 2.75) is 26.1 Å². The van der Waals surface area contributed by atoms with Gasteiger partial charge in [-0.05, 0) is 18.6 Å². The Balaban J connectivity index is 2.27. The Kier molecular flexibility index (Phi) is 4.56. The van der Waals surface area contributed by atoms with Crippen molar-refractivity contribution in [3.05, 3.63) is 18.2 Å². The molecule has 0 saturated heterocycles. The maximum atomic E-state index is 12.3. The van der Waals surface area contributed by atoms with Crippen molar-refractivity contribution >= 4 is 18.0 Å². The fourth-order valence-electron chi connectivity index (χ4n) is 1.74. The highest BCUT2D eigenvalue weighted by Crippen LogP contribution is 2.33. The van der Waals surface area contributed by atoms with Crippen molar-refractivity contribution in [1.29, 1.82) is 0 Å². The first-order valence-electron chi connectivity index (χ1n) is 6.22. The molecule has 0 fully saturated rings. The van der Waals surface area contributed by atoms with Gasteiger partial charge in [-0.2, -0.15) is 18.9 Å². The summed E-state index contributed by atoms with van der Waals surface area (Å²) in [6.07, 6.45) is 1.11. The summed E-state index contributed by atoms with van der Waals surface area (Å²) in [6, 6.07) is 4.04. The first kappa shape index (κ1) is 15.0. The number of rotatable bonds is 5. The molecule has 1 aromatic carbocycles. The number of benzene rings is 1. The van der Waals surface area contributed by atoms with Crippen molar-refractivity contribution in [3.63, 3.8) is 0 Å². The van der Waals surface area contributed by atoms with Crippen molar-refractivity contribution in [3.8, 4) is 11.5 Å². The van der Waals surface area contributed by atoms with Crippen LogP contribution in [0.5, 0.6) is 11.5 Å². The second-order valence-electron chi connectivity index (χ2n) is 4.12. The molecular formula is C13H14F2N2O4. The first-order valence-corrected chi connectivity index (χ1v) is 6.22. The number of anilines is 1. The molecule has 0 N–H and O–H groups in total. The monoisotopic (exact) mass is 300 g/mol. The van der Waals surface area contributed by atoms with Crippen LogP contribution in [-0.4, -0.2) is 32.1 Å². The number of cyclic esters (lactones) is 1. The first-order chi connectivity index (χ1) is 10.0. The summed E-state index contributed by atoms with van der Waals surface area (Å²) in [7, 11) is 1.31. The third-order valence-corrected chi connectivity index (χ3v) is 2.78. The molecule has 0 aliphatic carbocycles. The van der Waals surface area contributed by atoms with Crippen molar-refractivity contribution < 1.29 is 27.8 Å². The highest BCUT2D eigenvalue weighted by molar-refractivity contribution is 5.92. The van der Waals surface area contributed by atoms with Crippen LogP contribution in [0.1, 0.15) is 13.3 Å². The second-order valence-corrected chi connectivity index (χ2v) is 4.12. The van der Waals surface area contributed by atoms with Crippen LogP contribution in [0.2, 0.25) is 0 Å². The van der Waals surface area contributed by atoms with E-state index in [1.807, 2.05) is 6.92 Å². The quantitative estimate of drug-likeness (QED) is 0.838. The Hall–Kier alpha value is -2.38. The maximum absolute atomic E-state index is 12.3. The molecule has 1 amide bonds. The molecular weight excluding hydrogens is 286 g/mol. The molecule has 1 aromatic rings. The molecule has 114 valence electrons. The van der Waals surface area contributed by atoms with Crippen LogP contribution in [0.3, 0.4) is 0 Å². The van der Waals surface area contributed by atoms with Crippen LogP contribution in [0.4, 0.5) is 19.3 Å². The van der Waals surface area contributed by atoms with E-state index in [2.05, 4.69) is 9.84 Å². The van der Waals surface area contributed by atoms with Gasteiger partial charge in [-0.1, -0.05) is 6.92 Å². The summed E-state index contributed by atoms with van der Waals surface area (Å²) in [4.78, 5) is 11.8. The molecule has 2 rings (SSSR count). The fraction of sp³-hybridized carbons (Fsp3) is 0.385. The predicted octanol–water partition coefficient (Wildman–Crippen LogP) is 3.02. The molecule has 0 spiro atoms. The SMILES string of the molecule is CCC1C=NN(c2ccc(OC(F)F)c(OC)c2)C(=O)O1. The summed E-state index contributed by atoms with van der Waals surface area (Å²) in [6.45, 7) is -1.10. The summed E-state index contributed by atoms with van der Waals surface area (Å²) < 4.78 is 38.9. The van der Waals surface area contributed by atoms with E-state index in [1.54, 1.807) is 0 Å². The number of hydrogen-bond donors (Lipinski definition) is 0. The van der Waals surface area contributed by atoms with Crippen molar-refractivity contribution in [2.75, 3.05) is 12.1 Å². The largest absolute Gasteiger partial charge is 0.493 e. The zero-order chi connectivity index (χ0) is 15.4. The average molecular weight is 300 g/mol. The summed E-state index contributed by atoms with van der Waals surface area (Å²) in [5.74, 6) is -0.0644. The van der Waals surface area contributed by atoms with Crippen LogP contribution < -0.4 is 14.5 Å². The number of methoxy groups -OCH3 is 1. The minimum atomic E-state index is -2.96. The van der Waals surface area contributed by atoms with Gasteiger partial charge in [0.2, 0.25) is 0 Å². The topological polar surface area (TPSA) is 60.4 Å². The van der Waals surface area contributed by atoms with E-state index in [4.69, 9.17) is 9.47 Å². The molecule has 1 aliphatic rings. The number of alkyl halides is 2. The lowest BCUT2D eigenvalue weighted by Crippen LogP contribution is -2.36. The normalized spacial score (nSPS) is 17.9. The molecule has 1 unspecified atom stereocenters. The number of hydrazone groups is 1. The van der Waals surface area contributed by atoms with Crippen LogP contribution in [0.15, 0.2) is 23.3 Å². The molecule has 0 radical (unpaired) electrons. The van der Waals surface area contributed by atoms with Gasteiger partial charge in [-0.3, -0.25) is 0 Å². The van der Waals surface area contributed by atoms with Gasteiger partial charge >= 0.3 is 12.7 Å². The smallest absolute Gasteiger partial charge is 0.435 e. The summed E-state index contributed by atoms with van der Waals surface area (Å²) in [5, 5.41) is 5.00. The lowest BCUT2D eigenvalue weighted by molar-refractivity contribution is -0.0512. The Bertz CT molecular complexity index is 551. The third-order valence-electron chi connectivity index (χ3n) is 2.78. The van der Waals surface area contributed by atoms with Crippen LogP contribution in [0.25, 0.3) is 0 Å². The van der Waals surface area contributed by atoms with Crippen LogP contribution in [0, 0.1) is 0 Å². The molecule has 6 nitrogen and oxygen atoms in total. The lowest BCUT2D eigenvalue weighted by Gasteiger charge is -2.24. The number of nitrogens with zero attached hydrogens (tertiary/aromatic N) is 2. The molecule has 1 atom stereocenters. The Morgan fingerprint density at radius 2 is 2.19 bits per heavy atom. The van der Waals surface area contributed by atoms with Crippen LogP contribution in [-0.2, 0) is 4.74 Å². The van der Waals surface area contributed by atoms with Gasteiger partial charge in [0.05, 0.1) is 19.0 Å². The van der Waals surface area contributed by atoms with Gasteiger partial charge in [-0.15, -0.1) is 0 Å². The average Bonchev–Trinajstić information content (AvgIpc) is 2.47. The number of amides is 1. The van der Waals surface area contributed by atoms with E-state index in [1.165, 1.54) is 31.5 Å². The Morgan fingerprint density at radius 3 is 2.76 bits per heavy atom. The van der Waals surface area contributed by atoms with Gasteiger partial charge < -0.3 is 14.2 Å². The van der Waals surface area contributed by atoms with E-state index in [0.717, 1.165) is 5.01 Å². The highest BCUT2D eigenvalue weighted by atomic mass is 19.3. The summed E-state index contributed by atoms with van der Waals surface area (Å²) in [5.41, 5.74) is 0.323. The van der Waals surface area contributed by atoms with Gasteiger partial charge in [0.25, 0.3) is 0 Å². The van der Waals surface area contributed by atoms with E-state index < -0.39 is 12.7 Å².